The Hall–Kier alpha value is -1.98. The lowest BCUT2D eigenvalue weighted by atomic mass is 10.2. The third-order valence-electron chi connectivity index (χ3n) is 2.66. The lowest BCUT2D eigenvalue weighted by Gasteiger charge is -2.06. The van der Waals surface area contributed by atoms with Crippen LogP contribution in [-0.4, -0.2) is 17.0 Å². The van der Waals surface area contributed by atoms with Gasteiger partial charge in [-0.05, 0) is 18.6 Å². The van der Waals surface area contributed by atoms with Crippen LogP contribution in [-0.2, 0) is 9.59 Å². The van der Waals surface area contributed by atoms with Gasteiger partial charge in [-0.25, -0.2) is 8.78 Å². The monoisotopic (exact) mass is 241 g/mol. The summed E-state index contributed by atoms with van der Waals surface area (Å²) < 4.78 is 26.4. The standard InChI is InChI=1S/C11H9F2NO3/c12-7-2-1-3-8(13)9(7)14-10(15)5-4-6(5)11(16)17/h1-3,5-6H,4H2,(H,14,15)(H,16,17). The van der Waals surface area contributed by atoms with Crippen LogP contribution in [0.1, 0.15) is 6.42 Å². The number of aliphatic carboxylic acids is 1. The number of para-hydroxylation sites is 1. The van der Waals surface area contributed by atoms with Crippen LogP contribution < -0.4 is 5.32 Å². The molecule has 0 aromatic heterocycles. The van der Waals surface area contributed by atoms with Gasteiger partial charge in [0.05, 0.1) is 11.8 Å². The summed E-state index contributed by atoms with van der Waals surface area (Å²) in [6, 6.07) is 3.21. The van der Waals surface area contributed by atoms with Crippen molar-refractivity contribution in [2.24, 2.45) is 11.8 Å². The van der Waals surface area contributed by atoms with Crippen molar-refractivity contribution in [2.45, 2.75) is 6.42 Å². The predicted octanol–water partition coefficient (Wildman–Crippen LogP) is 1.62. The molecule has 2 unspecified atom stereocenters. The minimum atomic E-state index is -1.07. The molecule has 1 saturated carbocycles. The molecule has 90 valence electrons. The first kappa shape index (κ1) is 11.5. The summed E-state index contributed by atoms with van der Waals surface area (Å²) in [5.41, 5.74) is -0.534. The fraction of sp³-hybridized carbons (Fsp3) is 0.273. The summed E-state index contributed by atoms with van der Waals surface area (Å²) in [5.74, 6) is -4.95. The minimum absolute atomic E-state index is 0.206. The van der Waals surface area contributed by atoms with Gasteiger partial charge in [-0.15, -0.1) is 0 Å². The van der Waals surface area contributed by atoms with Crippen LogP contribution in [0.4, 0.5) is 14.5 Å². The van der Waals surface area contributed by atoms with Crippen molar-refractivity contribution in [1.29, 1.82) is 0 Å². The number of halogens is 2. The lowest BCUT2D eigenvalue weighted by molar-refractivity contribution is -0.139. The van der Waals surface area contributed by atoms with E-state index in [1.807, 2.05) is 0 Å². The van der Waals surface area contributed by atoms with Crippen molar-refractivity contribution >= 4 is 17.6 Å². The Morgan fingerprint density at radius 2 is 1.82 bits per heavy atom. The second kappa shape index (κ2) is 4.12. The molecule has 0 radical (unpaired) electrons. The van der Waals surface area contributed by atoms with Gasteiger partial charge in [0.2, 0.25) is 5.91 Å². The van der Waals surface area contributed by atoms with E-state index in [2.05, 4.69) is 5.32 Å². The Balaban J connectivity index is 2.07. The van der Waals surface area contributed by atoms with Gasteiger partial charge in [0, 0.05) is 0 Å². The van der Waals surface area contributed by atoms with Crippen LogP contribution in [0.3, 0.4) is 0 Å². The molecule has 4 nitrogen and oxygen atoms in total. The molecule has 2 rings (SSSR count). The van der Waals surface area contributed by atoms with Crippen LogP contribution in [0.5, 0.6) is 0 Å². The molecule has 1 aliphatic rings. The average Bonchev–Trinajstić information content (AvgIpc) is 3.03. The summed E-state index contributed by atoms with van der Waals surface area (Å²) in [4.78, 5) is 22.0. The van der Waals surface area contributed by atoms with E-state index >= 15 is 0 Å². The summed E-state index contributed by atoms with van der Waals surface area (Å²) in [5, 5.41) is 10.7. The Morgan fingerprint density at radius 3 is 2.29 bits per heavy atom. The molecular weight excluding hydrogens is 232 g/mol. The normalized spacial score (nSPS) is 22.0. The highest BCUT2D eigenvalue weighted by Crippen LogP contribution is 2.39. The molecule has 2 atom stereocenters. The van der Waals surface area contributed by atoms with Gasteiger partial charge >= 0.3 is 5.97 Å². The van der Waals surface area contributed by atoms with Gasteiger partial charge in [-0.2, -0.15) is 0 Å². The second-order valence-corrected chi connectivity index (χ2v) is 3.87. The largest absolute Gasteiger partial charge is 0.481 e. The number of nitrogens with one attached hydrogen (secondary N) is 1. The molecule has 17 heavy (non-hydrogen) atoms. The SMILES string of the molecule is O=C(O)C1CC1C(=O)Nc1c(F)cccc1F. The Morgan fingerprint density at radius 1 is 1.24 bits per heavy atom. The minimum Gasteiger partial charge on any atom is -0.481 e. The first-order chi connectivity index (χ1) is 8.00. The van der Waals surface area contributed by atoms with Crippen molar-refractivity contribution in [3.63, 3.8) is 0 Å². The van der Waals surface area contributed by atoms with Crippen molar-refractivity contribution in [1.82, 2.24) is 0 Å². The summed E-state index contributed by atoms with van der Waals surface area (Å²) in [7, 11) is 0. The van der Waals surface area contributed by atoms with E-state index in [4.69, 9.17) is 5.11 Å². The van der Waals surface area contributed by atoms with Crippen LogP contribution in [0.25, 0.3) is 0 Å². The van der Waals surface area contributed by atoms with E-state index in [-0.39, 0.29) is 6.42 Å². The fourth-order valence-corrected chi connectivity index (χ4v) is 1.59. The van der Waals surface area contributed by atoms with Crippen LogP contribution in [0, 0.1) is 23.5 Å². The van der Waals surface area contributed by atoms with Crippen LogP contribution in [0.2, 0.25) is 0 Å². The summed E-state index contributed by atoms with van der Waals surface area (Å²) >= 11 is 0. The molecule has 6 heteroatoms. The Bertz CT molecular complexity index is 469. The molecule has 0 aliphatic heterocycles. The van der Waals surface area contributed by atoms with Gasteiger partial charge in [0.1, 0.15) is 17.3 Å². The fourth-order valence-electron chi connectivity index (χ4n) is 1.59. The van der Waals surface area contributed by atoms with E-state index in [1.54, 1.807) is 0 Å². The zero-order valence-corrected chi connectivity index (χ0v) is 8.61. The van der Waals surface area contributed by atoms with E-state index in [1.165, 1.54) is 6.07 Å². The third-order valence-corrected chi connectivity index (χ3v) is 2.66. The van der Waals surface area contributed by atoms with Crippen molar-refractivity contribution in [3.05, 3.63) is 29.8 Å². The highest BCUT2D eigenvalue weighted by Gasteiger charge is 2.48. The maximum Gasteiger partial charge on any atom is 0.307 e. The third kappa shape index (κ3) is 2.25. The quantitative estimate of drug-likeness (QED) is 0.845. The van der Waals surface area contributed by atoms with Gasteiger partial charge in [0.15, 0.2) is 0 Å². The summed E-state index contributed by atoms with van der Waals surface area (Å²) in [6.45, 7) is 0. The van der Waals surface area contributed by atoms with E-state index < -0.39 is 41.0 Å². The Labute approximate surface area is 95.2 Å². The first-order valence-electron chi connectivity index (χ1n) is 4.98. The maximum absolute atomic E-state index is 13.2. The van der Waals surface area contributed by atoms with E-state index in [9.17, 15) is 18.4 Å². The zero-order chi connectivity index (χ0) is 12.6. The molecule has 0 bridgehead atoms. The topological polar surface area (TPSA) is 66.4 Å². The predicted molar refractivity (Wildman–Crippen MR) is 54.2 cm³/mol. The number of anilines is 1. The maximum atomic E-state index is 13.2. The van der Waals surface area contributed by atoms with Gasteiger partial charge < -0.3 is 10.4 Å². The number of benzene rings is 1. The zero-order valence-electron chi connectivity index (χ0n) is 8.61. The van der Waals surface area contributed by atoms with Crippen LogP contribution in [0.15, 0.2) is 18.2 Å². The van der Waals surface area contributed by atoms with E-state index in [0.29, 0.717) is 0 Å². The number of carbonyl (C=O) groups is 2. The Kier molecular flexibility index (Phi) is 2.79. The average molecular weight is 241 g/mol. The molecular formula is C11H9F2NO3. The molecule has 1 aromatic carbocycles. The first-order valence-corrected chi connectivity index (χ1v) is 4.98. The van der Waals surface area contributed by atoms with Crippen molar-refractivity contribution in [3.8, 4) is 0 Å². The molecule has 1 amide bonds. The van der Waals surface area contributed by atoms with Crippen molar-refractivity contribution < 1.29 is 23.5 Å². The molecule has 1 aromatic rings. The number of carboxylic acid groups (broad SMARTS) is 1. The van der Waals surface area contributed by atoms with Gasteiger partial charge in [0.25, 0.3) is 0 Å². The highest BCUT2D eigenvalue weighted by molar-refractivity contribution is 5.98. The van der Waals surface area contributed by atoms with Gasteiger partial charge in [-0.1, -0.05) is 6.07 Å². The number of carboxylic acids is 1. The second-order valence-electron chi connectivity index (χ2n) is 3.87. The highest BCUT2D eigenvalue weighted by atomic mass is 19.1. The number of amides is 1. The van der Waals surface area contributed by atoms with E-state index in [0.717, 1.165) is 12.1 Å². The molecule has 0 saturated heterocycles. The summed E-state index contributed by atoms with van der Waals surface area (Å²) in [6.07, 6.45) is 0.206. The molecule has 0 spiro atoms. The van der Waals surface area contributed by atoms with Gasteiger partial charge in [-0.3, -0.25) is 9.59 Å². The van der Waals surface area contributed by atoms with Crippen LogP contribution >= 0.6 is 0 Å². The number of carbonyl (C=O) groups excluding carboxylic acids is 1. The lowest BCUT2D eigenvalue weighted by Crippen LogP contribution is -2.18. The van der Waals surface area contributed by atoms with Crippen molar-refractivity contribution in [2.75, 3.05) is 5.32 Å². The molecule has 2 N–H and O–H groups in total. The molecule has 1 aliphatic carbocycles. The molecule has 1 fully saturated rings. The number of hydrogen-bond donors (Lipinski definition) is 2. The molecule has 0 heterocycles. The number of hydrogen-bond acceptors (Lipinski definition) is 2. The smallest absolute Gasteiger partial charge is 0.307 e. The number of rotatable bonds is 3.